The number of hydrogen-bond donors (Lipinski definition) is 0. The van der Waals surface area contributed by atoms with Gasteiger partial charge in [-0.25, -0.2) is 4.98 Å². The van der Waals surface area contributed by atoms with Crippen molar-refractivity contribution >= 4 is 30.7 Å². The molecule has 2 aliphatic carbocycles. The first-order valence-corrected chi connectivity index (χ1v) is 16.2. The van der Waals surface area contributed by atoms with Crippen molar-refractivity contribution in [2.75, 3.05) is 18.2 Å². The number of ether oxygens (including phenoxy) is 1. The maximum absolute atomic E-state index is 13.4. The lowest BCUT2D eigenvalue weighted by molar-refractivity contribution is 0.0718. The molecule has 5 rings (SSSR count). The number of carbonyl (C=O) groups excluding carboxylic acids is 1. The molecule has 0 bridgehead atoms. The van der Waals surface area contributed by atoms with E-state index in [1.165, 1.54) is 25.7 Å². The van der Waals surface area contributed by atoms with E-state index >= 15 is 0 Å². The van der Waals surface area contributed by atoms with Crippen molar-refractivity contribution in [3.05, 3.63) is 24.0 Å². The topological polar surface area (TPSA) is 50.6 Å². The summed E-state index contributed by atoms with van der Waals surface area (Å²) < 4.78 is 8.10. The number of amides is 1. The van der Waals surface area contributed by atoms with Crippen LogP contribution in [0.1, 0.15) is 55.8 Å². The van der Waals surface area contributed by atoms with Gasteiger partial charge in [0.15, 0.2) is 0 Å². The monoisotopic (exact) mass is 454 g/mol. The maximum Gasteiger partial charge on any atom is 0.259 e. The second-order valence-corrected chi connectivity index (χ2v) is 17.0. The molecular formula is C25H38N4O2Si. The van der Waals surface area contributed by atoms with Gasteiger partial charge in [-0.15, -0.1) is 0 Å². The van der Waals surface area contributed by atoms with E-state index in [9.17, 15) is 4.79 Å². The molecule has 3 aliphatic rings. The number of anilines is 1. The van der Waals surface area contributed by atoms with E-state index in [2.05, 4.69) is 53.2 Å². The minimum atomic E-state index is -1.10. The predicted octanol–water partition coefficient (Wildman–Crippen LogP) is 5.31. The highest BCUT2D eigenvalue weighted by molar-refractivity contribution is 6.76. The molecule has 0 atom stereocenters. The number of hydrogen-bond acceptors (Lipinski definition) is 4. The van der Waals surface area contributed by atoms with Gasteiger partial charge in [-0.05, 0) is 56.6 Å². The molecule has 6 nitrogen and oxygen atoms in total. The third-order valence-corrected chi connectivity index (χ3v) is 9.19. The van der Waals surface area contributed by atoms with Crippen LogP contribution in [0.4, 0.5) is 5.69 Å². The highest BCUT2D eigenvalue weighted by Crippen LogP contribution is 2.42. The van der Waals surface area contributed by atoms with Gasteiger partial charge in [0.1, 0.15) is 12.4 Å². The summed E-state index contributed by atoms with van der Waals surface area (Å²) >= 11 is 0. The number of nitrogens with zero attached hydrogens (tertiary/aromatic N) is 4. The zero-order valence-electron chi connectivity index (χ0n) is 20.1. The molecular weight excluding hydrogens is 416 g/mol. The van der Waals surface area contributed by atoms with Gasteiger partial charge in [0.05, 0.1) is 17.9 Å². The Morgan fingerprint density at radius 3 is 2.44 bits per heavy atom. The summed E-state index contributed by atoms with van der Waals surface area (Å²) in [4.78, 5) is 22.8. The fourth-order valence-corrected chi connectivity index (χ4v) is 5.97. The number of carbonyl (C=O) groups is 1. The minimum absolute atomic E-state index is 0.163. The Balaban J connectivity index is 1.45. The Bertz CT molecular complexity index is 986. The van der Waals surface area contributed by atoms with Crippen LogP contribution in [-0.2, 0) is 11.5 Å². The summed E-state index contributed by atoms with van der Waals surface area (Å²) in [6, 6.07) is 4.22. The maximum atomic E-state index is 13.4. The lowest BCUT2D eigenvalue weighted by atomic mass is 9.86. The van der Waals surface area contributed by atoms with Crippen molar-refractivity contribution in [1.82, 2.24) is 14.5 Å². The Morgan fingerprint density at radius 1 is 1.06 bits per heavy atom. The summed E-state index contributed by atoms with van der Waals surface area (Å²) in [5.74, 6) is 0.972. The highest BCUT2D eigenvalue weighted by atomic mass is 28.3. The molecule has 0 radical (unpaired) electrons. The van der Waals surface area contributed by atoms with Crippen LogP contribution in [0.2, 0.25) is 25.7 Å². The average Bonchev–Trinajstić information content (AvgIpc) is 3.51. The molecule has 1 aliphatic heterocycles. The molecule has 32 heavy (non-hydrogen) atoms. The fourth-order valence-electron chi connectivity index (χ4n) is 5.21. The lowest BCUT2D eigenvalue weighted by Crippen LogP contribution is -2.52. The molecule has 0 spiro atoms. The molecule has 0 N–H and O–H groups in total. The molecule has 2 aromatic rings. The Kier molecular flexibility index (Phi) is 5.82. The molecule has 2 aromatic heterocycles. The van der Waals surface area contributed by atoms with Crippen LogP contribution >= 0.6 is 0 Å². The smallest absolute Gasteiger partial charge is 0.259 e. The number of fused-ring (bicyclic) bond motifs is 3. The summed E-state index contributed by atoms with van der Waals surface area (Å²) in [6.45, 7) is 11.5. The van der Waals surface area contributed by atoms with Crippen LogP contribution in [0.3, 0.4) is 0 Å². The molecule has 2 fully saturated rings. The van der Waals surface area contributed by atoms with Crippen molar-refractivity contribution in [2.45, 2.75) is 89.9 Å². The largest absolute Gasteiger partial charge is 0.361 e. The first kappa shape index (κ1) is 22.0. The predicted molar refractivity (Wildman–Crippen MR) is 132 cm³/mol. The minimum Gasteiger partial charge on any atom is -0.361 e. The SMILES string of the molecule is CC1CCC(N2CN(C3CC3)C(=O)c3cnc4c(ccn4COCC[Si](C)(C)C)c32)CC1. The zero-order valence-corrected chi connectivity index (χ0v) is 21.1. The van der Waals surface area contributed by atoms with Crippen molar-refractivity contribution in [3.8, 4) is 0 Å². The van der Waals surface area contributed by atoms with Crippen LogP contribution in [-0.4, -0.2) is 53.8 Å². The summed E-state index contributed by atoms with van der Waals surface area (Å²) in [6.07, 6.45) is 11.1. The van der Waals surface area contributed by atoms with E-state index in [-0.39, 0.29) is 5.91 Å². The average molecular weight is 455 g/mol. The van der Waals surface area contributed by atoms with Gasteiger partial charge in [0.25, 0.3) is 5.91 Å². The van der Waals surface area contributed by atoms with E-state index in [0.29, 0.717) is 18.8 Å². The van der Waals surface area contributed by atoms with Gasteiger partial charge >= 0.3 is 0 Å². The van der Waals surface area contributed by atoms with Gasteiger partial charge < -0.3 is 19.1 Å². The zero-order chi connectivity index (χ0) is 22.5. The van der Waals surface area contributed by atoms with Gasteiger partial charge in [0.2, 0.25) is 0 Å². The Labute approximate surface area is 192 Å². The second kappa shape index (κ2) is 8.49. The quantitative estimate of drug-likeness (QED) is 0.420. The van der Waals surface area contributed by atoms with Gasteiger partial charge in [-0.1, -0.05) is 26.6 Å². The normalized spacial score (nSPS) is 24.3. The number of pyridine rings is 1. The van der Waals surface area contributed by atoms with Gasteiger partial charge in [-0.2, -0.15) is 0 Å². The van der Waals surface area contributed by atoms with E-state index in [0.717, 1.165) is 60.4 Å². The first-order valence-electron chi connectivity index (χ1n) is 12.4. The molecule has 0 saturated heterocycles. The third-order valence-electron chi connectivity index (χ3n) is 7.48. The van der Waals surface area contributed by atoms with Crippen LogP contribution < -0.4 is 4.90 Å². The van der Waals surface area contributed by atoms with Crippen LogP contribution in [0, 0.1) is 5.92 Å². The standard InChI is InChI=1S/C25H38N4O2Si/c1-18-5-7-19(8-6-18)28-16-29(20-9-10-20)25(30)22-15-26-24-21(23(22)28)11-12-27(24)17-31-13-14-32(2,3)4/h11-12,15,18-20H,5-10,13-14,16-17H2,1-4H3. The van der Waals surface area contributed by atoms with Crippen LogP contribution in [0.15, 0.2) is 18.5 Å². The third kappa shape index (κ3) is 4.33. The fraction of sp³-hybridized carbons (Fsp3) is 0.680. The first-order chi connectivity index (χ1) is 15.3. The Hall–Kier alpha value is -1.86. The number of aromatic nitrogens is 2. The van der Waals surface area contributed by atoms with Gasteiger partial charge in [-0.3, -0.25) is 4.79 Å². The molecule has 1 amide bonds. The van der Waals surface area contributed by atoms with E-state index < -0.39 is 8.07 Å². The molecule has 7 heteroatoms. The van der Waals surface area contributed by atoms with Crippen LogP contribution in [0.5, 0.6) is 0 Å². The summed E-state index contributed by atoms with van der Waals surface area (Å²) in [5.41, 5.74) is 2.82. The molecule has 0 unspecified atom stereocenters. The van der Waals surface area contributed by atoms with Gasteiger partial charge in [0, 0.05) is 44.5 Å². The molecule has 3 heterocycles. The Morgan fingerprint density at radius 2 is 1.75 bits per heavy atom. The van der Waals surface area contributed by atoms with Crippen molar-refractivity contribution < 1.29 is 9.53 Å². The lowest BCUT2D eigenvalue weighted by Gasteiger charge is -2.44. The van der Waals surface area contributed by atoms with Crippen molar-refractivity contribution in [3.63, 3.8) is 0 Å². The van der Waals surface area contributed by atoms with Crippen LogP contribution in [0.25, 0.3) is 11.0 Å². The summed E-state index contributed by atoms with van der Waals surface area (Å²) in [7, 11) is -1.10. The molecule has 174 valence electrons. The van der Waals surface area contributed by atoms with E-state index in [1.807, 2.05) is 6.20 Å². The molecule has 2 saturated carbocycles. The van der Waals surface area contributed by atoms with Crippen molar-refractivity contribution in [2.24, 2.45) is 5.92 Å². The summed E-state index contributed by atoms with van der Waals surface area (Å²) in [5, 5.41) is 1.10. The second-order valence-electron chi connectivity index (χ2n) is 11.4. The molecule has 0 aromatic carbocycles. The van der Waals surface area contributed by atoms with Crippen molar-refractivity contribution in [1.29, 1.82) is 0 Å². The highest BCUT2D eigenvalue weighted by Gasteiger charge is 2.42. The van der Waals surface area contributed by atoms with E-state index in [1.54, 1.807) is 0 Å². The van der Waals surface area contributed by atoms with E-state index in [4.69, 9.17) is 9.72 Å². The number of rotatable bonds is 7.